The van der Waals surface area contributed by atoms with Gasteiger partial charge in [-0.1, -0.05) is 17.7 Å². The van der Waals surface area contributed by atoms with Gasteiger partial charge in [0.25, 0.3) is 5.91 Å². The van der Waals surface area contributed by atoms with E-state index in [9.17, 15) is 19.5 Å². The van der Waals surface area contributed by atoms with Gasteiger partial charge in [-0.15, -0.1) is 0 Å². The van der Waals surface area contributed by atoms with Gasteiger partial charge < -0.3 is 14.6 Å². The van der Waals surface area contributed by atoms with Crippen LogP contribution >= 0.6 is 11.6 Å². The standard InChI is InChI=1S/C21H17ClN2O6/c1-11-15(8-13-4-7-18(30-12(2)25)19(9-13)29-3)20(26)24(23-11)14-5-6-17(22)16(10-14)21(27)28/h4-10H,1-3H3,(H,27,28)/b15-8-. The number of amides is 1. The lowest BCUT2D eigenvalue weighted by molar-refractivity contribution is -0.132. The summed E-state index contributed by atoms with van der Waals surface area (Å²) in [5, 5.41) is 14.7. The summed E-state index contributed by atoms with van der Waals surface area (Å²) in [5.41, 5.74) is 1.56. The van der Waals surface area contributed by atoms with Crippen LogP contribution in [0.3, 0.4) is 0 Å². The molecule has 1 heterocycles. The molecule has 0 saturated heterocycles. The van der Waals surface area contributed by atoms with Crippen molar-refractivity contribution in [2.75, 3.05) is 12.1 Å². The Morgan fingerprint density at radius 2 is 1.90 bits per heavy atom. The second kappa shape index (κ2) is 8.38. The third-order valence-corrected chi connectivity index (χ3v) is 4.57. The summed E-state index contributed by atoms with van der Waals surface area (Å²) >= 11 is 5.90. The summed E-state index contributed by atoms with van der Waals surface area (Å²) < 4.78 is 10.3. The number of benzene rings is 2. The molecule has 0 saturated carbocycles. The van der Waals surface area contributed by atoms with E-state index in [1.165, 1.54) is 32.2 Å². The number of rotatable bonds is 5. The minimum Gasteiger partial charge on any atom is -0.493 e. The number of hydrogen-bond donors (Lipinski definition) is 1. The van der Waals surface area contributed by atoms with Crippen LogP contribution in [0, 0.1) is 0 Å². The average molecular weight is 429 g/mol. The molecule has 0 atom stereocenters. The van der Waals surface area contributed by atoms with Gasteiger partial charge in [0, 0.05) is 6.92 Å². The van der Waals surface area contributed by atoms with E-state index in [0.29, 0.717) is 22.6 Å². The van der Waals surface area contributed by atoms with Crippen molar-refractivity contribution in [3.8, 4) is 11.5 Å². The zero-order valence-electron chi connectivity index (χ0n) is 16.3. The van der Waals surface area contributed by atoms with Crippen LogP contribution in [-0.4, -0.2) is 35.8 Å². The number of nitrogens with zero attached hydrogens (tertiary/aromatic N) is 2. The molecule has 3 rings (SSSR count). The molecule has 1 N–H and O–H groups in total. The number of carboxylic acid groups (broad SMARTS) is 1. The maximum Gasteiger partial charge on any atom is 0.337 e. The molecule has 30 heavy (non-hydrogen) atoms. The summed E-state index contributed by atoms with van der Waals surface area (Å²) in [5.74, 6) is -1.51. The monoisotopic (exact) mass is 428 g/mol. The molecule has 1 amide bonds. The van der Waals surface area contributed by atoms with Crippen LogP contribution in [0.15, 0.2) is 47.1 Å². The number of carbonyl (C=O) groups is 3. The molecule has 0 bridgehead atoms. The molecular weight excluding hydrogens is 412 g/mol. The molecule has 0 radical (unpaired) electrons. The van der Waals surface area contributed by atoms with E-state index in [4.69, 9.17) is 21.1 Å². The van der Waals surface area contributed by atoms with Gasteiger partial charge in [-0.3, -0.25) is 9.59 Å². The Bertz CT molecular complexity index is 1120. The van der Waals surface area contributed by atoms with E-state index >= 15 is 0 Å². The van der Waals surface area contributed by atoms with Crippen LogP contribution in [0.25, 0.3) is 6.08 Å². The second-order valence-corrected chi connectivity index (χ2v) is 6.74. The lowest BCUT2D eigenvalue weighted by atomic mass is 10.1. The van der Waals surface area contributed by atoms with E-state index in [1.54, 1.807) is 31.2 Å². The molecule has 8 nitrogen and oxygen atoms in total. The third-order valence-electron chi connectivity index (χ3n) is 4.24. The molecule has 9 heteroatoms. The second-order valence-electron chi connectivity index (χ2n) is 6.33. The molecule has 2 aromatic rings. The van der Waals surface area contributed by atoms with E-state index < -0.39 is 17.8 Å². The van der Waals surface area contributed by atoms with Crippen molar-refractivity contribution in [1.82, 2.24) is 0 Å². The van der Waals surface area contributed by atoms with Gasteiger partial charge in [-0.25, -0.2) is 4.79 Å². The molecule has 2 aromatic carbocycles. The fourth-order valence-electron chi connectivity index (χ4n) is 2.85. The Morgan fingerprint density at radius 1 is 1.17 bits per heavy atom. The number of ether oxygens (including phenoxy) is 2. The predicted molar refractivity (Wildman–Crippen MR) is 111 cm³/mol. The third kappa shape index (κ3) is 4.18. The van der Waals surface area contributed by atoms with Crippen LogP contribution in [0.1, 0.15) is 29.8 Å². The number of esters is 1. The first-order valence-corrected chi connectivity index (χ1v) is 9.10. The van der Waals surface area contributed by atoms with E-state index in [-0.39, 0.29) is 22.0 Å². The van der Waals surface area contributed by atoms with Crippen LogP contribution in [-0.2, 0) is 9.59 Å². The van der Waals surface area contributed by atoms with Gasteiger partial charge in [0.2, 0.25) is 0 Å². The highest BCUT2D eigenvalue weighted by atomic mass is 35.5. The molecule has 1 aliphatic rings. The highest BCUT2D eigenvalue weighted by Crippen LogP contribution is 2.31. The first kappa shape index (κ1) is 21.1. The lowest BCUT2D eigenvalue weighted by Gasteiger charge is -2.13. The number of anilines is 1. The SMILES string of the molecule is COc1cc(/C=C2\C(=O)N(c3ccc(Cl)c(C(=O)O)c3)N=C2C)ccc1OC(C)=O. The van der Waals surface area contributed by atoms with Gasteiger partial charge in [0.15, 0.2) is 11.5 Å². The first-order chi connectivity index (χ1) is 14.2. The average Bonchev–Trinajstić information content (AvgIpc) is 2.97. The molecule has 0 aromatic heterocycles. The normalized spacial score (nSPS) is 14.7. The molecule has 0 aliphatic carbocycles. The fourth-order valence-corrected chi connectivity index (χ4v) is 3.05. The quantitative estimate of drug-likeness (QED) is 0.441. The molecular formula is C21H17ClN2O6. The molecule has 1 aliphatic heterocycles. The van der Waals surface area contributed by atoms with Crippen LogP contribution < -0.4 is 14.5 Å². The Morgan fingerprint density at radius 3 is 2.53 bits per heavy atom. The van der Waals surface area contributed by atoms with Crippen molar-refractivity contribution >= 4 is 46.9 Å². The lowest BCUT2D eigenvalue weighted by Crippen LogP contribution is -2.21. The summed E-state index contributed by atoms with van der Waals surface area (Å²) in [4.78, 5) is 35.4. The highest BCUT2D eigenvalue weighted by molar-refractivity contribution is 6.34. The Labute approximate surface area is 177 Å². The Kier molecular flexibility index (Phi) is 5.89. The van der Waals surface area contributed by atoms with Gasteiger partial charge in [-0.05, 0) is 48.9 Å². The predicted octanol–water partition coefficient (Wildman–Crippen LogP) is 3.78. The Balaban J connectivity index is 1.94. The van der Waals surface area contributed by atoms with Crippen molar-refractivity contribution < 1.29 is 29.0 Å². The van der Waals surface area contributed by atoms with Crippen LogP contribution in [0.5, 0.6) is 11.5 Å². The summed E-state index contributed by atoms with van der Waals surface area (Å²) in [6.07, 6.45) is 1.62. The molecule has 154 valence electrons. The molecule has 0 spiro atoms. The van der Waals surface area contributed by atoms with E-state index in [0.717, 1.165) is 5.01 Å². The van der Waals surface area contributed by atoms with Crippen molar-refractivity contribution in [3.63, 3.8) is 0 Å². The number of hydrazone groups is 1. The first-order valence-electron chi connectivity index (χ1n) is 8.72. The van der Waals surface area contributed by atoms with Gasteiger partial charge in [0.1, 0.15) is 0 Å². The van der Waals surface area contributed by atoms with Crippen molar-refractivity contribution in [2.24, 2.45) is 5.10 Å². The maximum atomic E-state index is 12.9. The van der Waals surface area contributed by atoms with E-state index in [2.05, 4.69) is 5.10 Å². The minimum atomic E-state index is -1.20. The topological polar surface area (TPSA) is 106 Å². The summed E-state index contributed by atoms with van der Waals surface area (Å²) in [6.45, 7) is 2.95. The largest absolute Gasteiger partial charge is 0.493 e. The number of carbonyl (C=O) groups excluding carboxylic acids is 2. The molecule has 0 unspecified atom stereocenters. The van der Waals surface area contributed by atoms with Crippen LogP contribution in [0.2, 0.25) is 5.02 Å². The fraction of sp³-hybridized carbons (Fsp3) is 0.143. The van der Waals surface area contributed by atoms with Crippen molar-refractivity contribution in [1.29, 1.82) is 0 Å². The van der Waals surface area contributed by atoms with Gasteiger partial charge in [-0.2, -0.15) is 10.1 Å². The summed E-state index contributed by atoms with van der Waals surface area (Å²) in [7, 11) is 1.44. The molecule has 0 fully saturated rings. The number of hydrogen-bond acceptors (Lipinski definition) is 6. The van der Waals surface area contributed by atoms with Gasteiger partial charge >= 0.3 is 11.9 Å². The Hall–Kier alpha value is -3.65. The highest BCUT2D eigenvalue weighted by Gasteiger charge is 2.29. The van der Waals surface area contributed by atoms with Crippen molar-refractivity contribution in [2.45, 2.75) is 13.8 Å². The van der Waals surface area contributed by atoms with E-state index in [1.807, 2.05) is 0 Å². The van der Waals surface area contributed by atoms with Crippen molar-refractivity contribution in [3.05, 3.63) is 58.1 Å². The van der Waals surface area contributed by atoms with Gasteiger partial charge in [0.05, 0.1) is 34.7 Å². The summed E-state index contributed by atoms with van der Waals surface area (Å²) in [6, 6.07) is 9.07. The minimum absolute atomic E-state index is 0.0642. The number of halogens is 1. The number of aromatic carboxylic acids is 1. The van der Waals surface area contributed by atoms with Crippen LogP contribution in [0.4, 0.5) is 5.69 Å². The number of methoxy groups -OCH3 is 1. The zero-order valence-corrected chi connectivity index (χ0v) is 17.1. The number of carboxylic acids is 1. The smallest absolute Gasteiger partial charge is 0.337 e. The maximum absolute atomic E-state index is 12.9. The zero-order chi connectivity index (χ0) is 22.0.